The van der Waals surface area contributed by atoms with E-state index in [1.807, 2.05) is 18.2 Å². The summed E-state index contributed by atoms with van der Waals surface area (Å²) < 4.78 is 0. The first-order valence-corrected chi connectivity index (χ1v) is 10.7. The van der Waals surface area contributed by atoms with Crippen LogP contribution in [0.15, 0.2) is 53.7 Å². The Hall–Kier alpha value is -2.60. The van der Waals surface area contributed by atoms with Crippen molar-refractivity contribution in [1.29, 1.82) is 0 Å². The average Bonchev–Trinajstić information content (AvgIpc) is 3.22. The normalized spacial score (nSPS) is 15.8. The van der Waals surface area contributed by atoms with E-state index in [1.54, 1.807) is 0 Å². The molecule has 0 aliphatic heterocycles. The van der Waals surface area contributed by atoms with Gasteiger partial charge in [0.15, 0.2) is 5.82 Å². The first kappa shape index (κ1) is 18.7. The quantitative estimate of drug-likeness (QED) is 0.613. The van der Waals surface area contributed by atoms with Gasteiger partial charge in [0, 0.05) is 5.56 Å². The molecule has 1 heterocycles. The molecule has 2 N–H and O–H groups in total. The maximum absolute atomic E-state index is 12.4. The van der Waals surface area contributed by atoms with E-state index in [0.29, 0.717) is 10.9 Å². The van der Waals surface area contributed by atoms with Gasteiger partial charge in [-0.05, 0) is 42.4 Å². The van der Waals surface area contributed by atoms with E-state index in [9.17, 15) is 4.79 Å². The number of fused-ring (bicyclic) bond motifs is 1. The molecule has 1 atom stereocenters. The van der Waals surface area contributed by atoms with Gasteiger partial charge in [0.05, 0.1) is 11.8 Å². The van der Waals surface area contributed by atoms with E-state index >= 15 is 0 Å². The second-order valence-corrected chi connectivity index (χ2v) is 7.96. The van der Waals surface area contributed by atoms with Crippen molar-refractivity contribution in [3.63, 3.8) is 0 Å². The van der Waals surface area contributed by atoms with Gasteiger partial charge >= 0.3 is 0 Å². The van der Waals surface area contributed by atoms with Crippen LogP contribution in [0.1, 0.15) is 42.5 Å². The number of carbonyl (C=O) groups excluding carboxylic acids is 1. The molecule has 0 fully saturated rings. The number of carbonyl (C=O) groups is 1. The molecule has 0 spiro atoms. The summed E-state index contributed by atoms with van der Waals surface area (Å²) in [6, 6.07) is 16.8. The minimum Gasteiger partial charge on any atom is -0.349 e. The number of aromatic amines is 1. The second-order valence-electron chi connectivity index (χ2n) is 7.02. The number of nitrogens with zero attached hydrogens (tertiary/aromatic N) is 2. The van der Waals surface area contributed by atoms with Crippen LogP contribution in [0.25, 0.3) is 11.4 Å². The molecule has 0 saturated carbocycles. The number of rotatable bonds is 6. The van der Waals surface area contributed by atoms with Gasteiger partial charge in [-0.25, -0.2) is 4.98 Å². The molecule has 1 aliphatic carbocycles. The maximum atomic E-state index is 12.4. The first-order chi connectivity index (χ1) is 13.7. The standard InChI is InChI=1S/C22H24N4OS/c1-2-15-10-12-17(13-11-15)21-24-22(26-25-21)28-14-20(27)23-19-9-5-7-16-6-3-4-8-18(16)19/h3-4,6,8,10-13,19H,2,5,7,9,14H2,1H3,(H,23,27)(H,24,25,26)/t19-/m1/s1. The molecule has 3 aromatic rings. The van der Waals surface area contributed by atoms with Crippen LogP contribution in [-0.2, 0) is 17.6 Å². The number of thioether (sulfide) groups is 1. The van der Waals surface area contributed by atoms with Crippen molar-refractivity contribution < 1.29 is 4.79 Å². The summed E-state index contributed by atoms with van der Waals surface area (Å²) in [5.74, 6) is 1.06. The van der Waals surface area contributed by atoms with Crippen LogP contribution in [0.4, 0.5) is 0 Å². The molecule has 0 bridgehead atoms. The van der Waals surface area contributed by atoms with Gasteiger partial charge in [-0.1, -0.05) is 67.2 Å². The summed E-state index contributed by atoms with van der Waals surface area (Å²) >= 11 is 1.36. The Labute approximate surface area is 169 Å². The summed E-state index contributed by atoms with van der Waals surface area (Å²) in [7, 11) is 0. The van der Waals surface area contributed by atoms with Crippen LogP contribution in [0.5, 0.6) is 0 Å². The highest BCUT2D eigenvalue weighted by molar-refractivity contribution is 7.99. The fourth-order valence-corrected chi connectivity index (χ4v) is 4.22. The van der Waals surface area contributed by atoms with Crippen molar-refractivity contribution in [2.75, 3.05) is 5.75 Å². The molecule has 1 aliphatic rings. The van der Waals surface area contributed by atoms with Gasteiger partial charge in [-0.15, -0.1) is 5.10 Å². The van der Waals surface area contributed by atoms with Gasteiger partial charge in [0.2, 0.25) is 11.1 Å². The van der Waals surface area contributed by atoms with Crippen molar-refractivity contribution in [2.45, 2.75) is 43.8 Å². The minimum atomic E-state index is 0.0188. The van der Waals surface area contributed by atoms with E-state index < -0.39 is 0 Å². The summed E-state index contributed by atoms with van der Waals surface area (Å²) in [6.45, 7) is 2.13. The zero-order chi connectivity index (χ0) is 19.3. The second kappa shape index (κ2) is 8.61. The van der Waals surface area contributed by atoms with Gasteiger partial charge in [0.1, 0.15) is 0 Å². The lowest BCUT2D eigenvalue weighted by molar-refractivity contribution is -0.119. The van der Waals surface area contributed by atoms with Crippen molar-refractivity contribution in [1.82, 2.24) is 20.5 Å². The highest BCUT2D eigenvalue weighted by Crippen LogP contribution is 2.29. The molecule has 0 unspecified atom stereocenters. The topological polar surface area (TPSA) is 70.7 Å². The Morgan fingerprint density at radius 1 is 1.21 bits per heavy atom. The number of aryl methyl sites for hydroxylation is 2. The van der Waals surface area contributed by atoms with Crippen molar-refractivity contribution in [3.8, 4) is 11.4 Å². The van der Waals surface area contributed by atoms with Crippen molar-refractivity contribution in [3.05, 3.63) is 65.2 Å². The van der Waals surface area contributed by atoms with Gasteiger partial charge < -0.3 is 5.32 Å². The number of benzene rings is 2. The molecule has 28 heavy (non-hydrogen) atoms. The monoisotopic (exact) mass is 392 g/mol. The number of hydrogen-bond donors (Lipinski definition) is 2. The summed E-state index contributed by atoms with van der Waals surface area (Å²) in [6.07, 6.45) is 4.21. The average molecular weight is 393 g/mol. The Balaban J connectivity index is 1.34. The molecule has 2 aromatic carbocycles. The molecule has 1 amide bonds. The number of nitrogens with one attached hydrogen (secondary N) is 2. The highest BCUT2D eigenvalue weighted by Gasteiger charge is 2.21. The van der Waals surface area contributed by atoms with Crippen LogP contribution in [0.3, 0.4) is 0 Å². The Bertz CT molecular complexity index is 951. The van der Waals surface area contributed by atoms with Gasteiger partial charge in [-0.2, -0.15) is 0 Å². The third-order valence-electron chi connectivity index (χ3n) is 5.14. The number of H-pyrrole nitrogens is 1. The molecule has 0 saturated heterocycles. The molecular weight excluding hydrogens is 368 g/mol. The third kappa shape index (κ3) is 4.28. The lowest BCUT2D eigenvalue weighted by atomic mass is 9.88. The zero-order valence-electron chi connectivity index (χ0n) is 15.9. The van der Waals surface area contributed by atoms with Gasteiger partial charge in [0.25, 0.3) is 0 Å². The van der Waals surface area contributed by atoms with Crippen molar-refractivity contribution in [2.24, 2.45) is 0 Å². The third-order valence-corrected chi connectivity index (χ3v) is 5.98. The summed E-state index contributed by atoms with van der Waals surface area (Å²) in [5, 5.41) is 11.0. The fourth-order valence-electron chi connectivity index (χ4n) is 3.61. The minimum absolute atomic E-state index is 0.0188. The number of amides is 1. The first-order valence-electron chi connectivity index (χ1n) is 9.74. The van der Waals surface area contributed by atoms with Crippen LogP contribution in [0.2, 0.25) is 0 Å². The van der Waals surface area contributed by atoms with Gasteiger partial charge in [-0.3, -0.25) is 9.89 Å². The summed E-state index contributed by atoms with van der Waals surface area (Å²) in [5.41, 5.74) is 4.89. The van der Waals surface area contributed by atoms with Crippen LogP contribution in [0, 0.1) is 0 Å². The highest BCUT2D eigenvalue weighted by atomic mass is 32.2. The zero-order valence-corrected chi connectivity index (χ0v) is 16.8. The van der Waals surface area contributed by atoms with E-state index in [4.69, 9.17) is 0 Å². The molecule has 144 valence electrons. The molecule has 6 heteroatoms. The van der Waals surface area contributed by atoms with E-state index in [1.165, 1.54) is 28.5 Å². The Morgan fingerprint density at radius 2 is 2.04 bits per heavy atom. The van der Waals surface area contributed by atoms with E-state index in [2.05, 4.69) is 57.8 Å². The molecule has 0 radical (unpaired) electrons. The van der Waals surface area contributed by atoms with Crippen LogP contribution >= 0.6 is 11.8 Å². The van der Waals surface area contributed by atoms with Crippen molar-refractivity contribution >= 4 is 17.7 Å². The molecule has 5 nitrogen and oxygen atoms in total. The summed E-state index contributed by atoms with van der Waals surface area (Å²) in [4.78, 5) is 17.0. The molecular formula is C22H24N4OS. The SMILES string of the molecule is CCc1ccc(-c2nc(SCC(=O)N[C@@H]3CCCc4ccccc43)n[nH]2)cc1. The smallest absolute Gasteiger partial charge is 0.230 e. The fraction of sp³-hybridized carbons (Fsp3) is 0.318. The molecule has 1 aromatic heterocycles. The van der Waals surface area contributed by atoms with E-state index in [-0.39, 0.29) is 11.9 Å². The van der Waals surface area contributed by atoms with E-state index in [0.717, 1.165) is 37.1 Å². The maximum Gasteiger partial charge on any atom is 0.230 e. The number of hydrogen-bond acceptors (Lipinski definition) is 4. The van der Waals surface area contributed by atoms with Crippen LogP contribution in [-0.4, -0.2) is 26.8 Å². The predicted octanol–water partition coefficient (Wildman–Crippen LogP) is 4.32. The predicted molar refractivity (Wildman–Crippen MR) is 112 cm³/mol. The lowest BCUT2D eigenvalue weighted by Gasteiger charge is -2.26. The number of aromatic nitrogens is 3. The Kier molecular flexibility index (Phi) is 5.76. The lowest BCUT2D eigenvalue weighted by Crippen LogP contribution is -2.32. The Morgan fingerprint density at radius 3 is 2.86 bits per heavy atom. The van der Waals surface area contributed by atoms with Crippen LogP contribution < -0.4 is 5.32 Å². The largest absolute Gasteiger partial charge is 0.349 e. The molecule has 4 rings (SSSR count).